The highest BCUT2D eigenvalue weighted by molar-refractivity contribution is 7.99. The van der Waals surface area contributed by atoms with Gasteiger partial charge < -0.3 is 11.1 Å². The average Bonchev–Trinajstić information content (AvgIpc) is 2.91. The second-order valence-electron chi connectivity index (χ2n) is 3.92. The minimum absolute atomic E-state index is 0.154. The van der Waals surface area contributed by atoms with Crippen LogP contribution in [0.1, 0.15) is 13.3 Å². The summed E-state index contributed by atoms with van der Waals surface area (Å²) >= 11 is 1.82. The third-order valence-corrected chi connectivity index (χ3v) is 3.54. The first kappa shape index (κ1) is 13.5. The van der Waals surface area contributed by atoms with Crippen LogP contribution in [-0.4, -0.2) is 47.8 Å². The second-order valence-corrected chi connectivity index (χ2v) is 5.20. The number of rotatable bonds is 6. The topological polar surface area (TPSA) is 107 Å². The van der Waals surface area contributed by atoms with Crippen molar-refractivity contribution in [2.75, 3.05) is 23.9 Å². The molecule has 3 N–H and O–H groups in total. The van der Waals surface area contributed by atoms with Gasteiger partial charge in [0.25, 0.3) is 5.95 Å². The second kappa shape index (κ2) is 6.32. The van der Waals surface area contributed by atoms with E-state index >= 15 is 0 Å². The molecule has 1 atom stereocenters. The normalized spacial score (nSPS) is 12.3. The Morgan fingerprint density at radius 1 is 1.42 bits per heavy atom. The van der Waals surface area contributed by atoms with Crippen LogP contribution in [0.25, 0.3) is 5.95 Å². The predicted octanol–water partition coefficient (Wildman–Crippen LogP) is 0.588. The lowest BCUT2D eigenvalue weighted by Gasteiger charge is -2.09. The zero-order chi connectivity index (χ0) is 13.7. The fourth-order valence-corrected chi connectivity index (χ4v) is 1.73. The summed E-state index contributed by atoms with van der Waals surface area (Å²) in [4.78, 5) is 16.1. The van der Waals surface area contributed by atoms with Crippen LogP contribution in [-0.2, 0) is 0 Å². The van der Waals surface area contributed by atoms with Gasteiger partial charge in [-0.05, 0) is 12.7 Å². The Bertz CT molecular complexity index is 514. The van der Waals surface area contributed by atoms with Gasteiger partial charge in [-0.3, -0.25) is 0 Å². The third-order valence-electron chi connectivity index (χ3n) is 2.50. The summed E-state index contributed by atoms with van der Waals surface area (Å²) in [5.74, 6) is 0.956. The molecule has 1 unspecified atom stereocenters. The van der Waals surface area contributed by atoms with Gasteiger partial charge in [0, 0.05) is 11.8 Å². The van der Waals surface area contributed by atoms with E-state index in [2.05, 4.69) is 43.5 Å². The standard InChI is InChI=1S/C10H16N8S/c1-7(19-2)3-4-13-9-15-8(11)16-10(17-9)18-6-12-5-14-18/h5-7H,3-4H2,1-2H3,(H3,11,13,15,16,17). The van der Waals surface area contributed by atoms with Crippen LogP contribution >= 0.6 is 11.8 Å². The van der Waals surface area contributed by atoms with Crippen molar-refractivity contribution in [3.8, 4) is 5.95 Å². The van der Waals surface area contributed by atoms with Crippen molar-refractivity contribution < 1.29 is 0 Å². The largest absolute Gasteiger partial charge is 0.368 e. The van der Waals surface area contributed by atoms with Gasteiger partial charge in [0.15, 0.2) is 0 Å². The Morgan fingerprint density at radius 2 is 2.26 bits per heavy atom. The number of nitrogens with two attached hydrogens (primary N) is 1. The smallest absolute Gasteiger partial charge is 0.258 e. The van der Waals surface area contributed by atoms with Gasteiger partial charge in [0.05, 0.1) is 0 Å². The van der Waals surface area contributed by atoms with Gasteiger partial charge in [-0.15, -0.1) is 0 Å². The van der Waals surface area contributed by atoms with Crippen LogP contribution < -0.4 is 11.1 Å². The molecule has 0 aliphatic carbocycles. The summed E-state index contributed by atoms with van der Waals surface area (Å²) in [6.07, 6.45) is 6.03. The maximum absolute atomic E-state index is 5.66. The number of nitrogens with one attached hydrogen (secondary N) is 1. The predicted molar refractivity (Wildman–Crippen MR) is 75.2 cm³/mol. The van der Waals surface area contributed by atoms with E-state index in [1.165, 1.54) is 17.3 Å². The molecule has 8 nitrogen and oxygen atoms in total. The van der Waals surface area contributed by atoms with E-state index in [9.17, 15) is 0 Å². The number of hydrogen-bond acceptors (Lipinski definition) is 8. The highest BCUT2D eigenvalue weighted by Crippen LogP contribution is 2.10. The van der Waals surface area contributed by atoms with E-state index in [1.807, 2.05) is 11.8 Å². The Morgan fingerprint density at radius 3 is 2.95 bits per heavy atom. The molecule has 0 saturated heterocycles. The number of hydrogen-bond donors (Lipinski definition) is 2. The van der Waals surface area contributed by atoms with E-state index < -0.39 is 0 Å². The number of aromatic nitrogens is 6. The van der Waals surface area contributed by atoms with Crippen molar-refractivity contribution in [3.05, 3.63) is 12.7 Å². The maximum Gasteiger partial charge on any atom is 0.258 e. The summed E-state index contributed by atoms with van der Waals surface area (Å²) in [6.45, 7) is 2.96. The molecule has 0 amide bonds. The van der Waals surface area contributed by atoms with Crippen molar-refractivity contribution in [3.63, 3.8) is 0 Å². The zero-order valence-electron chi connectivity index (χ0n) is 10.8. The average molecular weight is 280 g/mol. The lowest BCUT2D eigenvalue weighted by Crippen LogP contribution is -2.14. The van der Waals surface area contributed by atoms with Gasteiger partial charge in [0.1, 0.15) is 12.7 Å². The van der Waals surface area contributed by atoms with Gasteiger partial charge in [-0.2, -0.15) is 36.5 Å². The van der Waals surface area contributed by atoms with Crippen LogP contribution in [0.15, 0.2) is 12.7 Å². The van der Waals surface area contributed by atoms with Gasteiger partial charge in [0.2, 0.25) is 11.9 Å². The number of nitrogens with zero attached hydrogens (tertiary/aromatic N) is 6. The monoisotopic (exact) mass is 280 g/mol. The van der Waals surface area contributed by atoms with E-state index in [-0.39, 0.29) is 5.95 Å². The fourth-order valence-electron chi connectivity index (χ4n) is 1.38. The molecule has 0 saturated carbocycles. The first-order valence-electron chi connectivity index (χ1n) is 5.82. The molecule has 0 bridgehead atoms. The van der Waals surface area contributed by atoms with Gasteiger partial charge in [-0.1, -0.05) is 6.92 Å². The van der Waals surface area contributed by atoms with Crippen LogP contribution in [0.5, 0.6) is 0 Å². The number of thioether (sulfide) groups is 1. The summed E-state index contributed by atoms with van der Waals surface area (Å²) in [5, 5.41) is 7.68. The molecule has 0 aromatic carbocycles. The molecule has 0 radical (unpaired) electrons. The Kier molecular flexibility index (Phi) is 4.50. The van der Waals surface area contributed by atoms with Crippen LogP contribution in [0.2, 0.25) is 0 Å². The quantitative estimate of drug-likeness (QED) is 0.791. The van der Waals surface area contributed by atoms with Crippen LogP contribution in [0.4, 0.5) is 11.9 Å². The minimum atomic E-state index is 0.154. The lowest BCUT2D eigenvalue weighted by atomic mass is 10.3. The molecule has 19 heavy (non-hydrogen) atoms. The van der Waals surface area contributed by atoms with Crippen molar-refractivity contribution in [2.24, 2.45) is 0 Å². The van der Waals surface area contributed by atoms with Crippen LogP contribution in [0.3, 0.4) is 0 Å². The highest BCUT2D eigenvalue weighted by atomic mass is 32.2. The zero-order valence-corrected chi connectivity index (χ0v) is 11.6. The van der Waals surface area contributed by atoms with E-state index in [0.717, 1.165) is 13.0 Å². The Balaban J connectivity index is 2.05. The molecule has 9 heteroatoms. The molecule has 102 valence electrons. The molecule has 0 fully saturated rings. The SMILES string of the molecule is CSC(C)CCNc1nc(N)nc(-n2cncn2)n1. The molecule has 0 spiro atoms. The molecule has 0 aliphatic heterocycles. The minimum Gasteiger partial charge on any atom is -0.368 e. The van der Waals surface area contributed by atoms with E-state index in [1.54, 1.807) is 0 Å². The highest BCUT2D eigenvalue weighted by Gasteiger charge is 2.07. The van der Waals surface area contributed by atoms with Crippen molar-refractivity contribution in [2.45, 2.75) is 18.6 Å². The first-order chi connectivity index (χ1) is 9.19. The fraction of sp³-hybridized carbons (Fsp3) is 0.500. The maximum atomic E-state index is 5.66. The van der Waals surface area contributed by atoms with Crippen molar-refractivity contribution >= 4 is 23.7 Å². The van der Waals surface area contributed by atoms with Gasteiger partial charge >= 0.3 is 0 Å². The summed E-state index contributed by atoms with van der Waals surface area (Å²) in [7, 11) is 0. The number of nitrogen functional groups attached to an aromatic ring is 1. The van der Waals surface area contributed by atoms with E-state index in [0.29, 0.717) is 17.1 Å². The molecule has 2 heterocycles. The molecular formula is C10H16N8S. The summed E-state index contributed by atoms with van der Waals surface area (Å²) in [6, 6.07) is 0. The molecule has 2 aromatic heterocycles. The first-order valence-corrected chi connectivity index (χ1v) is 7.11. The van der Waals surface area contributed by atoms with Crippen molar-refractivity contribution in [1.29, 1.82) is 0 Å². The van der Waals surface area contributed by atoms with Crippen LogP contribution in [0, 0.1) is 0 Å². The van der Waals surface area contributed by atoms with E-state index in [4.69, 9.17) is 5.73 Å². The molecule has 2 rings (SSSR count). The van der Waals surface area contributed by atoms with Crippen molar-refractivity contribution in [1.82, 2.24) is 29.7 Å². The molecule has 0 aliphatic rings. The lowest BCUT2D eigenvalue weighted by molar-refractivity contribution is 0.790. The summed E-state index contributed by atoms with van der Waals surface area (Å²) < 4.78 is 1.44. The Labute approximate surface area is 115 Å². The van der Waals surface area contributed by atoms with Gasteiger partial charge in [-0.25, -0.2) is 4.98 Å². The summed E-state index contributed by atoms with van der Waals surface area (Å²) in [5.41, 5.74) is 5.66. The Hall–Kier alpha value is -1.90. The molecule has 2 aromatic rings. The number of anilines is 2. The third kappa shape index (κ3) is 3.78. The molecular weight excluding hydrogens is 264 g/mol.